The maximum absolute atomic E-state index is 12.8. The number of phenols is 2. The molecule has 0 bridgehead atoms. The van der Waals surface area contributed by atoms with E-state index in [4.69, 9.17) is 4.84 Å². The Morgan fingerprint density at radius 2 is 1.92 bits per heavy atom. The van der Waals surface area contributed by atoms with Gasteiger partial charge >= 0.3 is 0 Å². The van der Waals surface area contributed by atoms with Gasteiger partial charge in [-0.25, -0.2) is 5.06 Å². The highest BCUT2D eigenvalue weighted by Gasteiger charge is 2.25. The van der Waals surface area contributed by atoms with E-state index >= 15 is 0 Å². The van der Waals surface area contributed by atoms with E-state index in [1.54, 1.807) is 12.1 Å². The molecule has 5 nitrogen and oxygen atoms in total. The Hall–Kier alpha value is -2.53. The molecule has 26 heavy (non-hydrogen) atoms. The first kappa shape index (κ1) is 19.8. The first-order chi connectivity index (χ1) is 12.4. The Labute approximate surface area is 154 Å². The van der Waals surface area contributed by atoms with Gasteiger partial charge in [0.25, 0.3) is 5.91 Å². The predicted octanol–water partition coefficient (Wildman–Crippen LogP) is 4.44. The number of carbonyl (C=O) groups excluding carboxylic acids is 1. The molecular weight excluding hydrogens is 330 g/mol. The molecule has 0 saturated heterocycles. The third kappa shape index (κ3) is 4.17. The molecule has 0 atom stereocenters. The normalized spacial score (nSPS) is 10.8. The molecule has 0 aliphatic heterocycles. The number of benzene rings is 2. The third-order valence-electron chi connectivity index (χ3n) is 4.49. The SMILES string of the molecule is CCCCCc1cc(O)c(-c2cccc(C)c2)c(O)c1C(=O)N(C)OC. The number of phenolic OH excluding ortho intramolecular Hbond substituents is 2. The number of rotatable bonds is 7. The molecule has 0 aromatic heterocycles. The lowest BCUT2D eigenvalue weighted by Gasteiger charge is -2.20. The lowest BCUT2D eigenvalue weighted by Crippen LogP contribution is -2.26. The van der Waals surface area contributed by atoms with Gasteiger partial charge in [-0.3, -0.25) is 9.63 Å². The highest BCUT2D eigenvalue weighted by atomic mass is 16.7. The summed E-state index contributed by atoms with van der Waals surface area (Å²) in [6.45, 7) is 4.03. The Morgan fingerprint density at radius 3 is 2.54 bits per heavy atom. The zero-order valence-electron chi connectivity index (χ0n) is 15.9. The van der Waals surface area contributed by atoms with Gasteiger partial charge in [-0.1, -0.05) is 49.6 Å². The molecule has 5 heteroatoms. The van der Waals surface area contributed by atoms with Crippen LogP contribution in [0.1, 0.15) is 47.7 Å². The number of unbranched alkanes of at least 4 members (excludes halogenated alkanes) is 2. The van der Waals surface area contributed by atoms with Gasteiger partial charge in [-0.15, -0.1) is 0 Å². The van der Waals surface area contributed by atoms with Crippen LogP contribution in [0.4, 0.5) is 0 Å². The highest BCUT2D eigenvalue weighted by Crippen LogP contribution is 2.42. The number of hydrogen-bond acceptors (Lipinski definition) is 4. The van der Waals surface area contributed by atoms with E-state index in [9.17, 15) is 15.0 Å². The predicted molar refractivity (Wildman–Crippen MR) is 102 cm³/mol. The van der Waals surface area contributed by atoms with Gasteiger partial charge < -0.3 is 10.2 Å². The number of aryl methyl sites for hydroxylation is 2. The average Bonchev–Trinajstić information content (AvgIpc) is 2.60. The van der Waals surface area contributed by atoms with Crippen LogP contribution < -0.4 is 0 Å². The van der Waals surface area contributed by atoms with Gasteiger partial charge in [0.1, 0.15) is 11.5 Å². The van der Waals surface area contributed by atoms with E-state index < -0.39 is 5.91 Å². The molecule has 0 spiro atoms. The van der Waals surface area contributed by atoms with Gasteiger partial charge in [0.15, 0.2) is 0 Å². The number of carbonyl (C=O) groups is 1. The highest BCUT2D eigenvalue weighted by molar-refractivity contribution is 6.01. The Morgan fingerprint density at radius 1 is 1.19 bits per heavy atom. The minimum absolute atomic E-state index is 0.0313. The summed E-state index contributed by atoms with van der Waals surface area (Å²) in [7, 11) is 2.89. The summed E-state index contributed by atoms with van der Waals surface area (Å²) in [5.74, 6) is -0.683. The summed E-state index contributed by atoms with van der Waals surface area (Å²) in [4.78, 5) is 17.8. The fourth-order valence-electron chi connectivity index (χ4n) is 3.03. The fourth-order valence-corrected chi connectivity index (χ4v) is 3.03. The van der Waals surface area contributed by atoms with Gasteiger partial charge in [-0.05, 0) is 37.0 Å². The average molecular weight is 357 g/mol. The molecular formula is C21H27NO4. The van der Waals surface area contributed by atoms with Crippen LogP contribution in [-0.2, 0) is 11.3 Å². The molecule has 2 rings (SSSR count). The van der Waals surface area contributed by atoms with E-state index in [2.05, 4.69) is 6.92 Å². The van der Waals surface area contributed by atoms with Crippen molar-refractivity contribution in [1.82, 2.24) is 5.06 Å². The smallest absolute Gasteiger partial charge is 0.281 e. The summed E-state index contributed by atoms with van der Waals surface area (Å²) in [6.07, 6.45) is 3.52. The van der Waals surface area contributed by atoms with Crippen LogP contribution >= 0.6 is 0 Å². The molecule has 0 saturated carbocycles. The summed E-state index contributed by atoms with van der Waals surface area (Å²) in [5, 5.41) is 22.5. The van der Waals surface area contributed by atoms with Crippen molar-refractivity contribution in [2.24, 2.45) is 0 Å². The van der Waals surface area contributed by atoms with Gasteiger partial charge in [0.05, 0.1) is 18.2 Å². The second-order valence-corrected chi connectivity index (χ2v) is 6.47. The Bertz CT molecular complexity index is 786. The van der Waals surface area contributed by atoms with Crippen molar-refractivity contribution in [3.05, 3.63) is 47.0 Å². The monoisotopic (exact) mass is 357 g/mol. The fraction of sp³-hybridized carbons (Fsp3) is 0.381. The largest absolute Gasteiger partial charge is 0.507 e. The van der Waals surface area contributed by atoms with Crippen molar-refractivity contribution in [2.75, 3.05) is 14.2 Å². The van der Waals surface area contributed by atoms with Crippen molar-refractivity contribution >= 4 is 5.91 Å². The second-order valence-electron chi connectivity index (χ2n) is 6.47. The van der Waals surface area contributed by atoms with E-state index in [0.29, 0.717) is 17.5 Å². The molecule has 2 N–H and O–H groups in total. The van der Waals surface area contributed by atoms with Gasteiger partial charge in [0.2, 0.25) is 0 Å². The second kappa shape index (κ2) is 8.72. The van der Waals surface area contributed by atoms with Crippen LogP contribution in [0.15, 0.2) is 30.3 Å². The summed E-state index contributed by atoms with van der Waals surface area (Å²) < 4.78 is 0. The molecule has 0 aliphatic rings. The molecule has 0 heterocycles. The lowest BCUT2D eigenvalue weighted by molar-refractivity contribution is -0.0759. The van der Waals surface area contributed by atoms with Crippen molar-refractivity contribution in [3.8, 4) is 22.6 Å². The minimum atomic E-state index is -0.439. The molecule has 0 aliphatic carbocycles. The van der Waals surface area contributed by atoms with E-state index in [1.807, 2.05) is 25.1 Å². The third-order valence-corrected chi connectivity index (χ3v) is 4.49. The molecule has 2 aromatic rings. The number of amides is 1. The van der Waals surface area contributed by atoms with Crippen molar-refractivity contribution in [1.29, 1.82) is 0 Å². The van der Waals surface area contributed by atoms with Crippen LogP contribution in [0, 0.1) is 6.92 Å². The van der Waals surface area contributed by atoms with Crippen molar-refractivity contribution in [3.63, 3.8) is 0 Å². The zero-order valence-corrected chi connectivity index (χ0v) is 15.9. The van der Waals surface area contributed by atoms with Crippen LogP contribution in [-0.4, -0.2) is 35.3 Å². The minimum Gasteiger partial charge on any atom is -0.507 e. The van der Waals surface area contributed by atoms with Crippen LogP contribution in [0.25, 0.3) is 11.1 Å². The standard InChI is InChI=1S/C21H27NO4/c1-5-6-7-10-16-13-17(23)18(15-11-8-9-14(2)12-15)20(24)19(16)21(25)22(3)26-4/h8-9,11-13,23-24H,5-7,10H2,1-4H3. The Balaban J connectivity index is 2.63. The van der Waals surface area contributed by atoms with E-state index in [-0.39, 0.29) is 22.6 Å². The topological polar surface area (TPSA) is 70.0 Å². The number of hydrogen-bond donors (Lipinski definition) is 2. The number of aromatic hydroxyl groups is 2. The zero-order chi connectivity index (χ0) is 19.3. The molecule has 0 radical (unpaired) electrons. The summed E-state index contributed by atoms with van der Waals surface area (Å²) in [6, 6.07) is 9.03. The maximum Gasteiger partial charge on any atom is 0.281 e. The van der Waals surface area contributed by atoms with Crippen LogP contribution in [0.2, 0.25) is 0 Å². The van der Waals surface area contributed by atoms with Crippen molar-refractivity contribution in [2.45, 2.75) is 39.5 Å². The molecule has 0 unspecified atom stereocenters. The van der Waals surface area contributed by atoms with Crippen LogP contribution in [0.5, 0.6) is 11.5 Å². The molecule has 140 valence electrons. The first-order valence-electron chi connectivity index (χ1n) is 8.87. The first-order valence-corrected chi connectivity index (χ1v) is 8.87. The van der Waals surface area contributed by atoms with Gasteiger partial charge in [0, 0.05) is 7.05 Å². The van der Waals surface area contributed by atoms with Gasteiger partial charge in [-0.2, -0.15) is 0 Å². The quantitative estimate of drug-likeness (QED) is 0.568. The molecule has 2 aromatic carbocycles. The van der Waals surface area contributed by atoms with Crippen LogP contribution in [0.3, 0.4) is 0 Å². The number of hydroxylamine groups is 2. The van der Waals surface area contributed by atoms with E-state index in [0.717, 1.165) is 29.9 Å². The maximum atomic E-state index is 12.8. The molecule has 0 fully saturated rings. The van der Waals surface area contributed by atoms with Crippen molar-refractivity contribution < 1.29 is 19.8 Å². The number of nitrogens with zero attached hydrogens (tertiary/aromatic N) is 1. The molecule has 1 amide bonds. The summed E-state index contributed by atoms with van der Waals surface area (Å²) >= 11 is 0. The lowest BCUT2D eigenvalue weighted by atomic mass is 9.92. The summed E-state index contributed by atoms with van der Waals surface area (Å²) in [5.41, 5.74) is 2.73. The Kier molecular flexibility index (Phi) is 6.64. The van der Waals surface area contributed by atoms with E-state index in [1.165, 1.54) is 14.2 Å².